The van der Waals surface area contributed by atoms with Crippen LogP contribution in [0.3, 0.4) is 0 Å². The van der Waals surface area contributed by atoms with Gasteiger partial charge in [0.25, 0.3) is 5.91 Å². The number of ether oxygens (including phenoxy) is 1. The van der Waals surface area contributed by atoms with E-state index in [1.54, 1.807) is 12.4 Å². The largest absolute Gasteiger partial charge is 0.493 e. The zero-order valence-corrected chi connectivity index (χ0v) is 21.0. The highest BCUT2D eigenvalue weighted by molar-refractivity contribution is 5.94. The number of aromatic nitrogens is 2. The van der Waals surface area contributed by atoms with Gasteiger partial charge in [0.1, 0.15) is 34.5 Å². The van der Waals surface area contributed by atoms with Crippen molar-refractivity contribution in [2.45, 2.75) is 45.6 Å². The van der Waals surface area contributed by atoms with Crippen LogP contribution in [0.1, 0.15) is 48.7 Å². The predicted molar refractivity (Wildman–Crippen MR) is 135 cm³/mol. The number of nitrogens with zero attached hydrogens (tertiary/aromatic N) is 3. The average molecular weight is 515 g/mol. The zero-order valence-electron chi connectivity index (χ0n) is 21.0. The van der Waals surface area contributed by atoms with E-state index in [1.165, 1.54) is 6.92 Å². The van der Waals surface area contributed by atoms with Crippen molar-refractivity contribution in [1.82, 2.24) is 15.3 Å². The molecule has 1 amide bonds. The summed E-state index contributed by atoms with van der Waals surface area (Å²) in [6.45, 7) is 5.31. The molecule has 1 atom stereocenters. The number of piperidine rings is 1. The van der Waals surface area contributed by atoms with Crippen LogP contribution in [-0.2, 0) is 0 Å². The van der Waals surface area contributed by atoms with E-state index in [2.05, 4.69) is 20.2 Å². The number of aryl methyl sites for hydroxylation is 1. The maximum Gasteiger partial charge on any atom is 0.257 e. The summed E-state index contributed by atoms with van der Waals surface area (Å²) in [5.74, 6) is -0.0353. The molecule has 8 nitrogen and oxygen atoms in total. The van der Waals surface area contributed by atoms with E-state index in [4.69, 9.17) is 9.15 Å². The molecular weight excluding hydrogens is 482 g/mol. The second kappa shape index (κ2) is 12.1. The van der Waals surface area contributed by atoms with Crippen molar-refractivity contribution in [3.05, 3.63) is 59.6 Å². The molecule has 0 bridgehead atoms. The Labute approximate surface area is 214 Å². The Morgan fingerprint density at radius 3 is 2.49 bits per heavy atom. The molecule has 0 spiro atoms. The topological polar surface area (TPSA) is 101 Å². The highest BCUT2D eigenvalue weighted by atomic mass is 19.1. The molecule has 0 radical (unpaired) electrons. The third-order valence-electron chi connectivity index (χ3n) is 6.39. The third kappa shape index (κ3) is 7.03. The molecule has 1 aliphatic heterocycles. The number of benzene rings is 1. The SMILES string of the molecule is Cc1ccc(-c2cnc(N3CCC(CCCOc4cc(F)c(C(=O)NC[C@H](C)O)c(F)c4)CC3)nc2)o1. The van der Waals surface area contributed by atoms with Crippen molar-refractivity contribution in [3.63, 3.8) is 0 Å². The Kier molecular flexibility index (Phi) is 8.70. The minimum Gasteiger partial charge on any atom is -0.493 e. The van der Waals surface area contributed by atoms with Crippen molar-refractivity contribution >= 4 is 11.9 Å². The average Bonchev–Trinajstić information content (AvgIpc) is 3.32. The van der Waals surface area contributed by atoms with E-state index >= 15 is 0 Å². The van der Waals surface area contributed by atoms with E-state index in [0.29, 0.717) is 18.5 Å². The van der Waals surface area contributed by atoms with Crippen LogP contribution in [0.2, 0.25) is 0 Å². The lowest BCUT2D eigenvalue weighted by atomic mass is 9.92. The van der Waals surface area contributed by atoms with Gasteiger partial charge >= 0.3 is 0 Å². The fourth-order valence-corrected chi connectivity index (χ4v) is 4.36. The van der Waals surface area contributed by atoms with Gasteiger partial charge in [-0.05, 0) is 57.6 Å². The fourth-order valence-electron chi connectivity index (χ4n) is 4.36. The number of hydrogen-bond donors (Lipinski definition) is 2. The summed E-state index contributed by atoms with van der Waals surface area (Å²) in [4.78, 5) is 23.2. The Bertz CT molecular complexity index is 1170. The normalized spacial score (nSPS) is 15.0. The van der Waals surface area contributed by atoms with Crippen molar-refractivity contribution in [3.8, 4) is 17.1 Å². The number of nitrogens with one attached hydrogen (secondary N) is 1. The van der Waals surface area contributed by atoms with Crippen molar-refractivity contribution in [2.75, 3.05) is 31.1 Å². The molecule has 1 fully saturated rings. The molecule has 0 unspecified atom stereocenters. The quantitative estimate of drug-likeness (QED) is 0.384. The molecule has 4 rings (SSSR count). The molecule has 3 aromatic rings. The molecule has 1 saturated heterocycles. The van der Waals surface area contributed by atoms with Gasteiger partial charge in [-0.25, -0.2) is 18.7 Å². The molecule has 2 N–H and O–H groups in total. The molecule has 1 aliphatic rings. The summed E-state index contributed by atoms with van der Waals surface area (Å²) in [7, 11) is 0. The van der Waals surface area contributed by atoms with Crippen LogP contribution in [0.5, 0.6) is 5.75 Å². The highest BCUT2D eigenvalue weighted by Crippen LogP contribution is 2.27. The zero-order chi connectivity index (χ0) is 26.4. The van der Waals surface area contributed by atoms with Gasteiger partial charge in [-0.1, -0.05) is 0 Å². The van der Waals surface area contributed by atoms with Gasteiger partial charge in [0, 0.05) is 44.2 Å². The van der Waals surface area contributed by atoms with Gasteiger partial charge in [0.05, 0.1) is 18.3 Å². The van der Waals surface area contributed by atoms with Gasteiger partial charge in [-0.3, -0.25) is 4.79 Å². The maximum absolute atomic E-state index is 14.3. The monoisotopic (exact) mass is 514 g/mol. The van der Waals surface area contributed by atoms with Crippen LogP contribution in [-0.4, -0.2) is 53.3 Å². The maximum atomic E-state index is 14.3. The van der Waals surface area contributed by atoms with Crippen LogP contribution in [0, 0.1) is 24.5 Å². The molecular formula is C27H32F2N4O4. The molecule has 0 aliphatic carbocycles. The van der Waals surface area contributed by atoms with Crippen LogP contribution in [0.15, 0.2) is 41.1 Å². The molecule has 2 aromatic heterocycles. The summed E-state index contributed by atoms with van der Waals surface area (Å²) in [6, 6.07) is 5.84. The lowest BCUT2D eigenvalue weighted by Crippen LogP contribution is -2.34. The smallest absolute Gasteiger partial charge is 0.257 e. The first-order chi connectivity index (χ1) is 17.8. The van der Waals surface area contributed by atoms with Gasteiger partial charge in [-0.15, -0.1) is 0 Å². The van der Waals surface area contributed by atoms with E-state index in [-0.39, 0.29) is 12.3 Å². The number of hydrogen-bond acceptors (Lipinski definition) is 7. The first kappa shape index (κ1) is 26.5. The first-order valence-corrected chi connectivity index (χ1v) is 12.5. The summed E-state index contributed by atoms with van der Waals surface area (Å²) in [6.07, 6.45) is 6.44. The van der Waals surface area contributed by atoms with Gasteiger partial charge < -0.3 is 24.5 Å². The summed E-state index contributed by atoms with van der Waals surface area (Å²) >= 11 is 0. The van der Waals surface area contributed by atoms with Crippen molar-refractivity contribution in [1.29, 1.82) is 0 Å². The van der Waals surface area contributed by atoms with E-state index in [1.807, 2.05) is 19.1 Å². The van der Waals surface area contributed by atoms with Gasteiger partial charge in [0.15, 0.2) is 0 Å². The molecule has 0 saturated carbocycles. The fraction of sp³-hybridized carbons (Fsp3) is 0.444. The molecule has 1 aromatic carbocycles. The number of carbonyl (C=O) groups is 1. The van der Waals surface area contributed by atoms with Crippen LogP contribution in [0.4, 0.5) is 14.7 Å². The Morgan fingerprint density at radius 1 is 1.22 bits per heavy atom. The second-order valence-electron chi connectivity index (χ2n) is 9.42. The number of rotatable bonds is 10. The second-order valence-corrected chi connectivity index (χ2v) is 9.42. The lowest BCUT2D eigenvalue weighted by Gasteiger charge is -2.32. The molecule has 10 heteroatoms. The Balaban J connectivity index is 1.19. The minimum atomic E-state index is -1.00. The Morgan fingerprint density at radius 2 is 1.89 bits per heavy atom. The van der Waals surface area contributed by atoms with Crippen molar-refractivity contribution in [2.24, 2.45) is 5.92 Å². The Hall–Kier alpha value is -3.53. The van der Waals surface area contributed by atoms with Gasteiger partial charge in [-0.2, -0.15) is 0 Å². The number of aliphatic hydroxyl groups is 1. The number of halogens is 2. The summed E-state index contributed by atoms with van der Waals surface area (Å²) in [5, 5.41) is 11.5. The van der Waals surface area contributed by atoms with E-state index < -0.39 is 29.2 Å². The standard InChI is InChI=1S/C27H32F2N4O4/c1-17(34)14-30-26(35)25-22(28)12-21(13-23(25)29)36-11-3-4-19-7-9-33(10-8-19)27-31-15-20(16-32-27)24-6-5-18(2)37-24/h5-6,12-13,15-17,19,34H,3-4,7-11,14H2,1-2H3,(H,30,35)/t17-/m0/s1. The predicted octanol–water partition coefficient (Wildman–Crippen LogP) is 4.51. The lowest BCUT2D eigenvalue weighted by molar-refractivity contribution is 0.0915. The van der Waals surface area contributed by atoms with Crippen LogP contribution >= 0.6 is 0 Å². The van der Waals surface area contributed by atoms with Crippen LogP contribution in [0.25, 0.3) is 11.3 Å². The number of aliphatic hydroxyl groups excluding tert-OH is 1. The van der Waals surface area contributed by atoms with Crippen LogP contribution < -0.4 is 15.0 Å². The van der Waals surface area contributed by atoms with Crippen molar-refractivity contribution < 1.29 is 27.8 Å². The number of carbonyl (C=O) groups excluding carboxylic acids is 1. The number of furan rings is 1. The summed E-state index contributed by atoms with van der Waals surface area (Å²) < 4.78 is 39.8. The molecule has 37 heavy (non-hydrogen) atoms. The molecule has 3 heterocycles. The summed E-state index contributed by atoms with van der Waals surface area (Å²) in [5.41, 5.74) is 0.162. The first-order valence-electron chi connectivity index (χ1n) is 12.5. The van der Waals surface area contributed by atoms with Gasteiger partial charge in [0.2, 0.25) is 5.95 Å². The number of amides is 1. The minimum absolute atomic E-state index is 0.0437. The number of anilines is 1. The third-order valence-corrected chi connectivity index (χ3v) is 6.39. The highest BCUT2D eigenvalue weighted by Gasteiger charge is 2.22. The molecule has 198 valence electrons. The van der Waals surface area contributed by atoms with E-state index in [9.17, 15) is 18.7 Å². The van der Waals surface area contributed by atoms with E-state index in [0.717, 1.165) is 68.0 Å².